The number of nitrogens with one attached hydrogen (secondary N) is 5. The first kappa shape index (κ1) is 29.8. The molecule has 2 atom stereocenters. The number of guanidine groups is 1. The van der Waals surface area contributed by atoms with Crippen LogP contribution in [0.5, 0.6) is 0 Å². The maximum Gasteiger partial charge on any atom is 0.475 e. The van der Waals surface area contributed by atoms with Gasteiger partial charge in [0.05, 0.1) is 5.94 Å². The van der Waals surface area contributed by atoms with Gasteiger partial charge in [0, 0.05) is 12.1 Å². The summed E-state index contributed by atoms with van der Waals surface area (Å²) < 4.78 is 0. The molecule has 194 valence electrons. The normalized spacial score (nSPS) is 12.4. The molecule has 7 N–H and O–H groups in total. The summed E-state index contributed by atoms with van der Waals surface area (Å²) in [7, 11) is -1.76. The summed E-state index contributed by atoms with van der Waals surface area (Å²) in [5.41, 5.74) is 3.17. The molecule has 0 bridgehead atoms. The van der Waals surface area contributed by atoms with Crippen molar-refractivity contribution in [2.75, 3.05) is 6.54 Å². The number of aryl methyl sites for hydroxylation is 1. The van der Waals surface area contributed by atoms with Crippen LogP contribution in [0, 0.1) is 21.4 Å². The number of hydrazine groups is 1. The number of rotatable bonds is 15. The fourth-order valence-corrected chi connectivity index (χ4v) is 3.41. The third kappa shape index (κ3) is 12.2. The molecule has 12 nitrogen and oxygen atoms in total. The molecule has 2 amide bonds. The summed E-state index contributed by atoms with van der Waals surface area (Å²) in [6, 6.07) is 6.15. The first-order valence-electron chi connectivity index (χ1n) is 11.8. The summed E-state index contributed by atoms with van der Waals surface area (Å²) in [6.07, 6.45) is 3.81. The van der Waals surface area contributed by atoms with Gasteiger partial charge in [0.25, 0.3) is 11.9 Å². The van der Waals surface area contributed by atoms with E-state index in [2.05, 4.69) is 22.9 Å². The Kier molecular flexibility index (Phi) is 13.4. The van der Waals surface area contributed by atoms with Crippen LogP contribution in [0.2, 0.25) is 0 Å². The smallest absolute Gasteiger partial charge is 0.426 e. The highest BCUT2D eigenvalue weighted by Gasteiger charge is 2.30. The van der Waals surface area contributed by atoms with Crippen LogP contribution in [0.25, 0.3) is 0 Å². The summed E-state index contributed by atoms with van der Waals surface area (Å²) in [5, 5.41) is 44.0. The SMILES string of the molecule is CCCCc1ccc(C(=O)N[C@@H](CCCNC(=N)N[N+](=O)[O-])C(=O)N[C@@H](CC(C)C)B(O)O)cc1. The van der Waals surface area contributed by atoms with Crippen molar-refractivity contribution in [3.05, 3.63) is 45.5 Å². The second kappa shape index (κ2) is 15.7. The number of nitrogens with zero attached hydrogens (tertiary/aromatic N) is 1. The number of carbonyl (C=O) groups is 2. The van der Waals surface area contributed by atoms with Crippen LogP contribution < -0.4 is 21.4 Å². The standard InChI is InChI=1S/C22H37BN6O6/c1-4-5-7-16-9-11-17(12-10-16)20(30)26-18(8-6-13-25-22(24)28-29(34)35)21(31)27-19(23(32)33)14-15(2)3/h9-12,15,18-19,32-33H,4-8,13-14H2,1-3H3,(H,26,30)(H,27,31)(H3,24,25,28)/t18-,19-/m0/s1. The number of benzene rings is 1. The third-order valence-electron chi connectivity index (χ3n) is 5.24. The molecule has 1 aromatic carbocycles. The zero-order valence-corrected chi connectivity index (χ0v) is 20.5. The molecule has 1 aromatic rings. The Hall–Kier alpha value is -3.19. The van der Waals surface area contributed by atoms with E-state index in [1.165, 1.54) is 0 Å². The Labute approximate surface area is 206 Å². The third-order valence-corrected chi connectivity index (χ3v) is 5.24. The van der Waals surface area contributed by atoms with Gasteiger partial charge >= 0.3 is 7.12 Å². The van der Waals surface area contributed by atoms with Crippen molar-refractivity contribution in [2.45, 2.75) is 71.3 Å². The zero-order chi connectivity index (χ0) is 26.4. The monoisotopic (exact) mass is 492 g/mol. The molecule has 0 heterocycles. The fourth-order valence-electron chi connectivity index (χ4n) is 3.41. The Balaban J connectivity index is 2.85. The van der Waals surface area contributed by atoms with E-state index >= 15 is 0 Å². The van der Waals surface area contributed by atoms with Crippen LogP contribution in [0.15, 0.2) is 24.3 Å². The van der Waals surface area contributed by atoms with Crippen molar-refractivity contribution in [2.24, 2.45) is 5.92 Å². The van der Waals surface area contributed by atoms with Gasteiger partial charge in [0.1, 0.15) is 6.04 Å². The lowest BCUT2D eigenvalue weighted by atomic mass is 9.75. The number of unbranched alkanes of at least 4 members (excludes halogenated alkanes) is 1. The minimum Gasteiger partial charge on any atom is -0.426 e. The van der Waals surface area contributed by atoms with Gasteiger partial charge in [0.2, 0.25) is 5.91 Å². The lowest BCUT2D eigenvalue weighted by Crippen LogP contribution is -2.54. The number of nitro groups is 1. The van der Waals surface area contributed by atoms with E-state index in [4.69, 9.17) is 5.41 Å². The van der Waals surface area contributed by atoms with Crippen LogP contribution in [-0.2, 0) is 11.2 Å². The quantitative estimate of drug-likeness (QED) is 0.0466. The maximum absolute atomic E-state index is 12.9. The number of amides is 2. The highest BCUT2D eigenvalue weighted by molar-refractivity contribution is 6.43. The minimum absolute atomic E-state index is 0.0886. The molecule has 13 heteroatoms. The zero-order valence-electron chi connectivity index (χ0n) is 20.5. The van der Waals surface area contributed by atoms with E-state index < -0.39 is 41.9 Å². The Morgan fingerprint density at radius 2 is 1.80 bits per heavy atom. The molecule has 0 aromatic heterocycles. The molecular weight excluding hydrogens is 455 g/mol. The summed E-state index contributed by atoms with van der Waals surface area (Å²) in [6.45, 7) is 6.00. The molecule has 0 fully saturated rings. The van der Waals surface area contributed by atoms with Gasteiger partial charge in [-0.05, 0) is 55.7 Å². The molecule has 0 saturated carbocycles. The summed E-state index contributed by atoms with van der Waals surface area (Å²) in [4.78, 5) is 36.1. The first-order chi connectivity index (χ1) is 16.5. The van der Waals surface area contributed by atoms with Gasteiger partial charge < -0.3 is 26.0 Å². The van der Waals surface area contributed by atoms with Crippen LogP contribution in [-0.4, -0.2) is 58.5 Å². The molecule has 35 heavy (non-hydrogen) atoms. The minimum atomic E-state index is -1.76. The van der Waals surface area contributed by atoms with Gasteiger partial charge in [-0.25, -0.2) is 10.1 Å². The average molecular weight is 492 g/mol. The molecule has 0 aliphatic heterocycles. The van der Waals surface area contributed by atoms with E-state index in [0.717, 1.165) is 24.8 Å². The lowest BCUT2D eigenvalue weighted by molar-refractivity contribution is -0.525. The van der Waals surface area contributed by atoms with E-state index in [0.29, 0.717) is 18.4 Å². The Bertz CT molecular complexity index is 836. The van der Waals surface area contributed by atoms with Gasteiger partial charge in [-0.3, -0.25) is 15.0 Å². The Morgan fingerprint density at radius 3 is 2.34 bits per heavy atom. The van der Waals surface area contributed by atoms with Crippen LogP contribution in [0.4, 0.5) is 0 Å². The van der Waals surface area contributed by atoms with Gasteiger partial charge in [0.15, 0.2) is 5.03 Å². The van der Waals surface area contributed by atoms with E-state index in [1.54, 1.807) is 17.6 Å². The number of hydrogen-bond acceptors (Lipinski definition) is 7. The Morgan fingerprint density at radius 1 is 1.14 bits per heavy atom. The second-order valence-corrected chi connectivity index (χ2v) is 8.80. The first-order valence-corrected chi connectivity index (χ1v) is 11.8. The summed E-state index contributed by atoms with van der Waals surface area (Å²) in [5.74, 6) is -2.34. The predicted octanol–water partition coefficient (Wildman–Crippen LogP) is 0.756. The molecule has 0 spiro atoms. The van der Waals surface area contributed by atoms with Crippen molar-refractivity contribution in [1.29, 1.82) is 5.41 Å². The summed E-state index contributed by atoms with van der Waals surface area (Å²) >= 11 is 0. The van der Waals surface area contributed by atoms with Gasteiger partial charge in [-0.15, -0.1) is 0 Å². The van der Waals surface area contributed by atoms with Crippen molar-refractivity contribution in [1.82, 2.24) is 21.4 Å². The van der Waals surface area contributed by atoms with Crippen molar-refractivity contribution in [3.8, 4) is 0 Å². The van der Waals surface area contributed by atoms with Crippen molar-refractivity contribution in [3.63, 3.8) is 0 Å². The largest absolute Gasteiger partial charge is 0.475 e. The van der Waals surface area contributed by atoms with E-state index in [1.807, 2.05) is 26.0 Å². The van der Waals surface area contributed by atoms with Crippen LogP contribution in [0.1, 0.15) is 68.8 Å². The van der Waals surface area contributed by atoms with Crippen molar-refractivity contribution < 1.29 is 24.7 Å². The highest BCUT2D eigenvalue weighted by Crippen LogP contribution is 2.10. The second-order valence-electron chi connectivity index (χ2n) is 8.80. The molecule has 0 unspecified atom stereocenters. The number of hydrogen-bond donors (Lipinski definition) is 7. The topological polar surface area (TPSA) is 190 Å². The van der Waals surface area contributed by atoms with E-state index in [9.17, 15) is 29.8 Å². The number of carbonyl (C=O) groups excluding carboxylic acids is 2. The highest BCUT2D eigenvalue weighted by atomic mass is 16.7. The van der Waals surface area contributed by atoms with Gasteiger partial charge in [-0.1, -0.05) is 44.8 Å². The molecule has 0 radical (unpaired) electrons. The molecule has 0 saturated heterocycles. The molecule has 0 aliphatic rings. The fraction of sp³-hybridized carbons (Fsp3) is 0.591. The molecular formula is C22H37BN6O6. The average Bonchev–Trinajstić information content (AvgIpc) is 2.78. The lowest BCUT2D eigenvalue weighted by Gasteiger charge is -2.24. The maximum atomic E-state index is 12.9. The van der Waals surface area contributed by atoms with E-state index in [-0.39, 0.29) is 18.9 Å². The predicted molar refractivity (Wildman–Crippen MR) is 133 cm³/mol. The molecule has 1 rings (SSSR count). The van der Waals surface area contributed by atoms with Crippen molar-refractivity contribution >= 4 is 24.9 Å². The van der Waals surface area contributed by atoms with Gasteiger partial charge in [-0.2, -0.15) is 0 Å². The van der Waals surface area contributed by atoms with Crippen LogP contribution >= 0.6 is 0 Å². The van der Waals surface area contributed by atoms with Crippen LogP contribution in [0.3, 0.4) is 0 Å². The molecule has 0 aliphatic carbocycles.